The van der Waals surface area contributed by atoms with Crippen LogP contribution in [0, 0.1) is 0 Å². The monoisotopic (exact) mass is 192 g/mol. The predicted molar refractivity (Wildman–Crippen MR) is 55.5 cm³/mol. The number of hydrogen-bond acceptors (Lipinski definition) is 2. The summed E-state index contributed by atoms with van der Waals surface area (Å²) in [5.41, 5.74) is 1.37. The lowest BCUT2D eigenvalue weighted by Gasteiger charge is -2.20. The van der Waals surface area contributed by atoms with Crippen molar-refractivity contribution in [3.63, 3.8) is 0 Å². The molecule has 1 aliphatic rings. The van der Waals surface area contributed by atoms with Crippen molar-refractivity contribution in [2.75, 3.05) is 0 Å². The van der Waals surface area contributed by atoms with Crippen molar-refractivity contribution in [1.82, 2.24) is 0 Å². The van der Waals surface area contributed by atoms with E-state index in [4.69, 9.17) is 4.74 Å². The molecular formula is C12H16O2. The Labute approximate surface area is 84.5 Å². The minimum atomic E-state index is -0.779. The first-order valence-corrected chi connectivity index (χ1v) is 5.00. The van der Waals surface area contributed by atoms with Crippen LogP contribution in [0.5, 0.6) is 5.75 Å². The number of ether oxygens (including phenoxy) is 1. The highest BCUT2D eigenvalue weighted by Crippen LogP contribution is 2.36. The van der Waals surface area contributed by atoms with Gasteiger partial charge in [0.2, 0.25) is 0 Å². The van der Waals surface area contributed by atoms with Gasteiger partial charge in [0.25, 0.3) is 0 Å². The van der Waals surface area contributed by atoms with E-state index >= 15 is 0 Å². The Balaban J connectivity index is 2.50. The zero-order valence-electron chi connectivity index (χ0n) is 8.87. The first-order chi connectivity index (χ1) is 6.48. The topological polar surface area (TPSA) is 29.5 Å². The lowest BCUT2D eigenvalue weighted by molar-refractivity contribution is 0.0777. The average Bonchev–Trinajstić information content (AvgIpc) is 2.41. The maximum Gasteiger partial charge on any atom is 0.123 e. The van der Waals surface area contributed by atoms with Gasteiger partial charge < -0.3 is 9.84 Å². The van der Waals surface area contributed by atoms with Gasteiger partial charge in [-0.15, -0.1) is 0 Å². The molecule has 0 fully saturated rings. The quantitative estimate of drug-likeness (QED) is 0.739. The van der Waals surface area contributed by atoms with Gasteiger partial charge in [0, 0.05) is 12.0 Å². The van der Waals surface area contributed by atoms with Gasteiger partial charge in [-0.05, 0) is 32.4 Å². The maximum atomic E-state index is 9.98. The summed E-state index contributed by atoms with van der Waals surface area (Å²) in [6, 6.07) is 5.87. The standard InChI is InChI=1S/C12H16O2/c1-8-7-9-10(12(2,3)13)5-4-6-11(9)14-8/h4-6,8,13H,7H2,1-3H3. The van der Waals surface area contributed by atoms with Gasteiger partial charge in [-0.1, -0.05) is 12.1 Å². The van der Waals surface area contributed by atoms with Crippen molar-refractivity contribution in [2.45, 2.75) is 38.9 Å². The van der Waals surface area contributed by atoms with Crippen molar-refractivity contribution in [3.8, 4) is 5.75 Å². The van der Waals surface area contributed by atoms with Gasteiger partial charge in [0.15, 0.2) is 0 Å². The van der Waals surface area contributed by atoms with E-state index in [0.717, 1.165) is 23.3 Å². The number of rotatable bonds is 1. The molecule has 0 amide bonds. The second kappa shape index (κ2) is 2.99. The highest BCUT2D eigenvalue weighted by molar-refractivity contribution is 5.45. The van der Waals surface area contributed by atoms with Gasteiger partial charge in [-0.2, -0.15) is 0 Å². The second-order valence-corrected chi connectivity index (χ2v) is 4.47. The molecule has 14 heavy (non-hydrogen) atoms. The van der Waals surface area contributed by atoms with E-state index in [2.05, 4.69) is 0 Å². The summed E-state index contributed by atoms with van der Waals surface area (Å²) in [5, 5.41) is 9.98. The van der Waals surface area contributed by atoms with Crippen molar-refractivity contribution in [2.24, 2.45) is 0 Å². The van der Waals surface area contributed by atoms with Gasteiger partial charge in [-0.3, -0.25) is 0 Å². The summed E-state index contributed by atoms with van der Waals surface area (Å²) in [6.07, 6.45) is 1.13. The maximum absolute atomic E-state index is 9.98. The minimum absolute atomic E-state index is 0.230. The van der Waals surface area contributed by atoms with E-state index in [1.807, 2.05) is 39.0 Å². The van der Waals surface area contributed by atoms with Gasteiger partial charge in [0.05, 0.1) is 5.60 Å². The van der Waals surface area contributed by atoms with Crippen LogP contribution in [0.25, 0.3) is 0 Å². The molecule has 1 atom stereocenters. The van der Waals surface area contributed by atoms with E-state index in [1.165, 1.54) is 0 Å². The molecule has 0 radical (unpaired) electrons. The first-order valence-electron chi connectivity index (χ1n) is 5.00. The number of aliphatic hydroxyl groups is 1. The molecule has 1 N–H and O–H groups in total. The van der Waals surface area contributed by atoms with E-state index < -0.39 is 5.60 Å². The highest BCUT2D eigenvalue weighted by atomic mass is 16.5. The molecule has 0 saturated heterocycles. The third kappa shape index (κ3) is 1.50. The van der Waals surface area contributed by atoms with Crippen molar-refractivity contribution < 1.29 is 9.84 Å². The third-order valence-electron chi connectivity index (χ3n) is 2.61. The summed E-state index contributed by atoms with van der Waals surface area (Å²) in [5.74, 6) is 0.928. The first kappa shape index (κ1) is 9.53. The van der Waals surface area contributed by atoms with Crippen molar-refractivity contribution >= 4 is 0 Å². The van der Waals surface area contributed by atoms with E-state index in [-0.39, 0.29) is 6.10 Å². The summed E-state index contributed by atoms with van der Waals surface area (Å²) in [7, 11) is 0. The van der Waals surface area contributed by atoms with Crippen LogP contribution in [0.3, 0.4) is 0 Å². The lowest BCUT2D eigenvalue weighted by atomic mass is 9.91. The van der Waals surface area contributed by atoms with Crippen LogP contribution in [-0.4, -0.2) is 11.2 Å². The van der Waals surface area contributed by atoms with Gasteiger partial charge in [0.1, 0.15) is 11.9 Å². The molecule has 76 valence electrons. The highest BCUT2D eigenvalue weighted by Gasteiger charge is 2.27. The lowest BCUT2D eigenvalue weighted by Crippen LogP contribution is -2.17. The predicted octanol–water partition coefficient (Wildman–Crippen LogP) is 2.24. The zero-order chi connectivity index (χ0) is 10.3. The number of hydrogen-bond donors (Lipinski definition) is 1. The Bertz CT molecular complexity index is 350. The van der Waals surface area contributed by atoms with Crippen LogP contribution >= 0.6 is 0 Å². The minimum Gasteiger partial charge on any atom is -0.490 e. The Morgan fingerprint density at radius 2 is 2.14 bits per heavy atom. The van der Waals surface area contributed by atoms with Crippen molar-refractivity contribution in [1.29, 1.82) is 0 Å². The molecule has 1 aromatic rings. The van der Waals surface area contributed by atoms with Crippen LogP contribution < -0.4 is 4.74 Å². The van der Waals surface area contributed by atoms with E-state index in [0.29, 0.717) is 0 Å². The molecule has 1 heterocycles. The summed E-state index contributed by atoms with van der Waals surface area (Å²) < 4.78 is 5.63. The van der Waals surface area contributed by atoms with Gasteiger partial charge in [-0.25, -0.2) is 0 Å². The summed E-state index contributed by atoms with van der Waals surface area (Å²) in [4.78, 5) is 0. The molecule has 0 aliphatic carbocycles. The smallest absolute Gasteiger partial charge is 0.123 e. The summed E-state index contributed by atoms with van der Waals surface area (Å²) in [6.45, 7) is 5.67. The second-order valence-electron chi connectivity index (χ2n) is 4.47. The normalized spacial score (nSPS) is 20.4. The van der Waals surface area contributed by atoms with Crippen LogP contribution in [-0.2, 0) is 12.0 Å². The number of fused-ring (bicyclic) bond motifs is 1. The molecule has 2 nitrogen and oxygen atoms in total. The molecular weight excluding hydrogens is 176 g/mol. The Morgan fingerprint density at radius 3 is 2.79 bits per heavy atom. The van der Waals surface area contributed by atoms with E-state index in [1.54, 1.807) is 0 Å². The largest absolute Gasteiger partial charge is 0.490 e. The van der Waals surface area contributed by atoms with Crippen LogP contribution in [0.2, 0.25) is 0 Å². The van der Waals surface area contributed by atoms with Crippen molar-refractivity contribution in [3.05, 3.63) is 29.3 Å². The fourth-order valence-electron chi connectivity index (χ4n) is 2.01. The Kier molecular flexibility index (Phi) is 2.04. The fourth-order valence-corrected chi connectivity index (χ4v) is 2.01. The van der Waals surface area contributed by atoms with Gasteiger partial charge >= 0.3 is 0 Å². The molecule has 1 aliphatic heterocycles. The van der Waals surface area contributed by atoms with Crippen LogP contribution in [0.4, 0.5) is 0 Å². The molecule has 1 unspecified atom stereocenters. The SMILES string of the molecule is CC1Cc2c(cccc2C(C)(C)O)O1. The fraction of sp³-hybridized carbons (Fsp3) is 0.500. The van der Waals surface area contributed by atoms with Crippen LogP contribution in [0.15, 0.2) is 18.2 Å². The Morgan fingerprint density at radius 1 is 1.43 bits per heavy atom. The Hall–Kier alpha value is -1.02. The molecule has 1 aromatic carbocycles. The molecule has 2 heteroatoms. The van der Waals surface area contributed by atoms with Crippen LogP contribution in [0.1, 0.15) is 31.9 Å². The van der Waals surface area contributed by atoms with E-state index in [9.17, 15) is 5.11 Å². The summed E-state index contributed by atoms with van der Waals surface area (Å²) >= 11 is 0. The zero-order valence-corrected chi connectivity index (χ0v) is 8.87. The molecule has 0 aromatic heterocycles. The molecule has 0 bridgehead atoms. The number of benzene rings is 1. The third-order valence-corrected chi connectivity index (χ3v) is 2.61. The average molecular weight is 192 g/mol. The molecule has 2 rings (SSSR count). The molecule has 0 saturated carbocycles. The molecule has 0 spiro atoms.